The molecule has 2 aromatic carbocycles. The molecule has 0 amide bonds. The van der Waals surface area contributed by atoms with Gasteiger partial charge in [0.15, 0.2) is 0 Å². The molecule has 0 aliphatic rings. The Balaban J connectivity index is 2.31. The van der Waals surface area contributed by atoms with Gasteiger partial charge in [0.2, 0.25) is 0 Å². The molecule has 4 heteroatoms. The van der Waals surface area contributed by atoms with E-state index in [2.05, 4.69) is 6.58 Å². The Hall–Kier alpha value is -1.77. The molecular weight excluding hydrogens is 319 g/mol. The molecule has 0 fully saturated rings. The van der Waals surface area contributed by atoms with Crippen LogP contribution in [-0.2, 0) is 9.53 Å². The number of hydrogen-bond donors (Lipinski definition) is 0. The number of esters is 1. The maximum atomic E-state index is 12.0. The molecule has 0 saturated heterocycles. The van der Waals surface area contributed by atoms with Crippen molar-refractivity contribution >= 4 is 29.2 Å². The van der Waals surface area contributed by atoms with Crippen molar-refractivity contribution in [3.8, 4) is 0 Å². The van der Waals surface area contributed by atoms with Gasteiger partial charge in [-0.25, -0.2) is 0 Å². The molecule has 0 N–H and O–H groups in total. The van der Waals surface area contributed by atoms with Gasteiger partial charge in [0.1, 0.15) is 6.61 Å². The second-order valence-corrected chi connectivity index (χ2v) is 5.63. The van der Waals surface area contributed by atoms with E-state index in [0.29, 0.717) is 10.0 Å². The third-order valence-electron chi connectivity index (χ3n) is 3.28. The third kappa shape index (κ3) is 4.36. The SMILES string of the molecule is C=CCOC(=O)CC(c1ccccc1)c1ccc(Cl)c(Cl)c1. The predicted molar refractivity (Wildman–Crippen MR) is 90.5 cm³/mol. The maximum Gasteiger partial charge on any atom is 0.307 e. The Bertz CT molecular complexity index is 653. The summed E-state index contributed by atoms with van der Waals surface area (Å²) in [5, 5.41) is 0.964. The van der Waals surface area contributed by atoms with Crippen molar-refractivity contribution < 1.29 is 9.53 Å². The molecule has 1 unspecified atom stereocenters. The summed E-state index contributed by atoms with van der Waals surface area (Å²) in [5.74, 6) is -0.409. The van der Waals surface area contributed by atoms with Gasteiger partial charge in [0.05, 0.1) is 16.5 Å². The zero-order valence-corrected chi connectivity index (χ0v) is 13.5. The Morgan fingerprint density at radius 1 is 1.09 bits per heavy atom. The number of hydrogen-bond acceptors (Lipinski definition) is 2. The average Bonchev–Trinajstić information content (AvgIpc) is 2.54. The van der Waals surface area contributed by atoms with Crippen LogP contribution in [0.3, 0.4) is 0 Å². The lowest BCUT2D eigenvalue weighted by Gasteiger charge is -2.18. The molecule has 0 radical (unpaired) electrons. The fourth-order valence-electron chi connectivity index (χ4n) is 2.22. The van der Waals surface area contributed by atoms with Gasteiger partial charge >= 0.3 is 5.97 Å². The second-order valence-electron chi connectivity index (χ2n) is 4.81. The first-order valence-electron chi connectivity index (χ1n) is 6.88. The lowest BCUT2D eigenvalue weighted by atomic mass is 9.88. The molecule has 0 spiro atoms. The molecule has 22 heavy (non-hydrogen) atoms. The molecule has 0 aromatic heterocycles. The van der Waals surface area contributed by atoms with E-state index in [9.17, 15) is 4.79 Å². The van der Waals surface area contributed by atoms with E-state index in [-0.39, 0.29) is 24.9 Å². The highest BCUT2D eigenvalue weighted by atomic mass is 35.5. The summed E-state index contributed by atoms with van der Waals surface area (Å²) in [6, 6.07) is 15.2. The molecule has 0 aliphatic carbocycles. The summed E-state index contributed by atoms with van der Waals surface area (Å²) >= 11 is 12.1. The molecule has 2 aromatic rings. The number of benzene rings is 2. The van der Waals surface area contributed by atoms with Crippen molar-refractivity contribution in [3.05, 3.63) is 82.4 Å². The molecule has 0 aliphatic heterocycles. The van der Waals surface area contributed by atoms with E-state index in [1.165, 1.54) is 0 Å². The van der Waals surface area contributed by atoms with Crippen LogP contribution in [-0.4, -0.2) is 12.6 Å². The van der Waals surface area contributed by atoms with Crippen LogP contribution < -0.4 is 0 Å². The highest BCUT2D eigenvalue weighted by molar-refractivity contribution is 6.42. The minimum atomic E-state index is -0.278. The Morgan fingerprint density at radius 2 is 1.82 bits per heavy atom. The summed E-state index contributed by atoms with van der Waals surface area (Å²) in [7, 11) is 0. The lowest BCUT2D eigenvalue weighted by molar-refractivity contribution is -0.142. The highest BCUT2D eigenvalue weighted by Gasteiger charge is 2.19. The molecule has 1 atom stereocenters. The topological polar surface area (TPSA) is 26.3 Å². The van der Waals surface area contributed by atoms with Gasteiger partial charge in [-0.3, -0.25) is 4.79 Å². The summed E-state index contributed by atoms with van der Waals surface area (Å²) in [5.41, 5.74) is 1.95. The van der Waals surface area contributed by atoms with Gasteiger partial charge in [-0.2, -0.15) is 0 Å². The van der Waals surface area contributed by atoms with Gasteiger partial charge < -0.3 is 4.74 Å². The first-order chi connectivity index (χ1) is 10.6. The first-order valence-corrected chi connectivity index (χ1v) is 7.64. The van der Waals surface area contributed by atoms with E-state index in [0.717, 1.165) is 11.1 Å². The maximum absolute atomic E-state index is 12.0. The van der Waals surface area contributed by atoms with Crippen LogP contribution in [0.25, 0.3) is 0 Å². The van der Waals surface area contributed by atoms with E-state index in [1.807, 2.05) is 36.4 Å². The van der Waals surface area contributed by atoms with Gasteiger partial charge in [0, 0.05) is 5.92 Å². The number of halogens is 2. The van der Waals surface area contributed by atoms with Gasteiger partial charge in [-0.05, 0) is 23.3 Å². The fourth-order valence-corrected chi connectivity index (χ4v) is 2.53. The standard InChI is InChI=1S/C18H16Cl2O2/c1-2-10-22-18(21)12-15(13-6-4-3-5-7-13)14-8-9-16(19)17(20)11-14/h2-9,11,15H,1,10,12H2. The molecule has 114 valence electrons. The fraction of sp³-hybridized carbons (Fsp3) is 0.167. The molecule has 0 bridgehead atoms. The van der Waals surface area contributed by atoms with Crippen LogP contribution in [0.4, 0.5) is 0 Å². The number of rotatable bonds is 6. The van der Waals surface area contributed by atoms with E-state index < -0.39 is 0 Å². The molecule has 2 nitrogen and oxygen atoms in total. The number of carbonyl (C=O) groups excluding carboxylic acids is 1. The molecule has 0 heterocycles. The lowest BCUT2D eigenvalue weighted by Crippen LogP contribution is -2.12. The van der Waals surface area contributed by atoms with Crippen LogP contribution in [0.2, 0.25) is 10.0 Å². The normalized spacial score (nSPS) is 11.7. The van der Waals surface area contributed by atoms with Crippen molar-refractivity contribution in [1.82, 2.24) is 0 Å². The number of carbonyl (C=O) groups is 1. The van der Waals surface area contributed by atoms with Crippen molar-refractivity contribution in [1.29, 1.82) is 0 Å². The zero-order valence-electron chi connectivity index (χ0n) is 12.0. The highest BCUT2D eigenvalue weighted by Crippen LogP contribution is 2.32. The molecule has 0 saturated carbocycles. The van der Waals surface area contributed by atoms with Crippen LogP contribution >= 0.6 is 23.2 Å². The monoisotopic (exact) mass is 334 g/mol. The van der Waals surface area contributed by atoms with Crippen LogP contribution in [0, 0.1) is 0 Å². The Kier molecular flexibility index (Phi) is 6.05. The smallest absolute Gasteiger partial charge is 0.307 e. The minimum Gasteiger partial charge on any atom is -0.461 e. The molecule has 2 rings (SSSR count). The quantitative estimate of drug-likeness (QED) is 0.533. The van der Waals surface area contributed by atoms with Crippen LogP contribution in [0.1, 0.15) is 23.5 Å². The molecular formula is C18H16Cl2O2. The first kappa shape index (κ1) is 16.6. The summed E-state index contributed by atoms with van der Waals surface area (Å²) in [6.45, 7) is 3.75. The third-order valence-corrected chi connectivity index (χ3v) is 4.02. The predicted octanol–water partition coefficient (Wildman–Crippen LogP) is 5.24. The average molecular weight is 335 g/mol. The van der Waals surface area contributed by atoms with Crippen molar-refractivity contribution in [2.45, 2.75) is 12.3 Å². The Morgan fingerprint density at radius 3 is 2.45 bits per heavy atom. The second kappa shape index (κ2) is 8.02. The van der Waals surface area contributed by atoms with Gasteiger partial charge in [-0.1, -0.05) is 72.3 Å². The Labute approximate surface area is 140 Å². The van der Waals surface area contributed by atoms with Crippen molar-refractivity contribution in [2.75, 3.05) is 6.61 Å². The summed E-state index contributed by atoms with van der Waals surface area (Å²) in [6.07, 6.45) is 1.78. The van der Waals surface area contributed by atoms with Crippen LogP contribution in [0.15, 0.2) is 61.2 Å². The zero-order chi connectivity index (χ0) is 15.9. The largest absolute Gasteiger partial charge is 0.461 e. The van der Waals surface area contributed by atoms with Crippen molar-refractivity contribution in [2.24, 2.45) is 0 Å². The van der Waals surface area contributed by atoms with E-state index >= 15 is 0 Å². The van der Waals surface area contributed by atoms with Gasteiger partial charge in [0.25, 0.3) is 0 Å². The summed E-state index contributed by atoms with van der Waals surface area (Å²) < 4.78 is 5.10. The van der Waals surface area contributed by atoms with E-state index in [4.69, 9.17) is 27.9 Å². The van der Waals surface area contributed by atoms with Crippen LogP contribution in [0.5, 0.6) is 0 Å². The van der Waals surface area contributed by atoms with E-state index in [1.54, 1.807) is 18.2 Å². The van der Waals surface area contributed by atoms with Gasteiger partial charge in [-0.15, -0.1) is 0 Å². The minimum absolute atomic E-state index is 0.131. The summed E-state index contributed by atoms with van der Waals surface area (Å²) in [4.78, 5) is 12.0. The number of ether oxygens (including phenoxy) is 1. The van der Waals surface area contributed by atoms with Crippen molar-refractivity contribution in [3.63, 3.8) is 0 Å².